The second-order valence-corrected chi connectivity index (χ2v) is 7.87. The minimum Gasteiger partial charge on any atom is -0.376 e. The van der Waals surface area contributed by atoms with Gasteiger partial charge in [0, 0.05) is 44.3 Å². The zero-order chi connectivity index (χ0) is 18.5. The van der Waals surface area contributed by atoms with Crippen LogP contribution in [0.2, 0.25) is 0 Å². The number of anilines is 2. The maximum Gasteiger partial charge on any atom is 0.170 e. The smallest absolute Gasteiger partial charge is 0.170 e. The molecule has 2 N–H and O–H groups in total. The fraction of sp³-hybridized carbons (Fsp3) is 0.632. The lowest BCUT2D eigenvalue weighted by atomic mass is 9.95. The molecule has 4 unspecified atom stereocenters. The van der Waals surface area contributed by atoms with Crippen LogP contribution in [0.15, 0.2) is 12.3 Å². The Morgan fingerprint density at radius 3 is 3.04 bits per heavy atom. The number of nitrogens with zero attached hydrogens (tertiary/aromatic N) is 4. The summed E-state index contributed by atoms with van der Waals surface area (Å²) in [4.78, 5) is 19.9. The fourth-order valence-electron chi connectivity index (χ4n) is 5.03. The number of piperidine rings is 1. The van der Waals surface area contributed by atoms with Crippen LogP contribution >= 0.6 is 0 Å². The first-order valence-corrected chi connectivity index (χ1v) is 9.85. The molecule has 0 spiro atoms. The molecule has 2 fully saturated rings. The number of hydrogen-bond donors (Lipinski definition) is 2. The molecule has 0 saturated carbocycles. The fourth-order valence-corrected chi connectivity index (χ4v) is 5.03. The summed E-state index contributed by atoms with van der Waals surface area (Å²) in [6, 6.07) is 3.21. The standard InChI is InChI=1S/C19H26N6O2/c1-20-18-9-17-22-12-8-16(14-6-5-13(12)24(14)2)27-7-3-4-15(26)11-10-21-25(18)19(11)23-17/h9-10,12-14,16,20H,3-8H2,1-2H3,(H,22,23). The van der Waals surface area contributed by atoms with Gasteiger partial charge in [-0.2, -0.15) is 9.61 Å². The Morgan fingerprint density at radius 1 is 1.33 bits per heavy atom. The highest BCUT2D eigenvalue weighted by Crippen LogP contribution is 2.37. The molecule has 0 aromatic carbocycles. The van der Waals surface area contributed by atoms with Gasteiger partial charge in [-0.05, 0) is 32.7 Å². The zero-order valence-electron chi connectivity index (χ0n) is 15.8. The number of hydrogen-bond acceptors (Lipinski definition) is 7. The molecule has 5 rings (SSSR count). The number of aromatic nitrogens is 3. The maximum atomic E-state index is 12.7. The van der Waals surface area contributed by atoms with Gasteiger partial charge in [-0.15, -0.1) is 0 Å². The van der Waals surface area contributed by atoms with Crippen LogP contribution in [-0.4, -0.2) is 70.2 Å². The van der Waals surface area contributed by atoms with E-state index in [1.165, 1.54) is 12.8 Å². The molecule has 2 saturated heterocycles. The molecule has 2 aromatic rings. The third-order valence-electron chi connectivity index (χ3n) is 6.43. The summed E-state index contributed by atoms with van der Waals surface area (Å²) in [6.07, 6.45) is 6.33. The van der Waals surface area contributed by atoms with Crippen LogP contribution in [0.4, 0.5) is 11.6 Å². The van der Waals surface area contributed by atoms with Crippen LogP contribution in [0.1, 0.15) is 42.5 Å². The quantitative estimate of drug-likeness (QED) is 0.792. The summed E-state index contributed by atoms with van der Waals surface area (Å²) in [5.41, 5.74) is 1.19. The minimum absolute atomic E-state index is 0.0705. The number of carbonyl (C=O) groups excluding carboxylic acids is 1. The Kier molecular flexibility index (Phi) is 4.05. The highest BCUT2D eigenvalue weighted by atomic mass is 16.5. The lowest BCUT2D eigenvalue weighted by Gasteiger charge is -2.42. The van der Waals surface area contributed by atoms with Crippen molar-refractivity contribution in [3.63, 3.8) is 0 Å². The second-order valence-electron chi connectivity index (χ2n) is 7.87. The Balaban J connectivity index is 1.59. The van der Waals surface area contributed by atoms with Crippen LogP contribution in [0.3, 0.4) is 0 Å². The molecule has 4 atom stereocenters. The van der Waals surface area contributed by atoms with Gasteiger partial charge in [0.1, 0.15) is 11.6 Å². The predicted molar refractivity (Wildman–Crippen MR) is 102 cm³/mol. The third kappa shape index (κ3) is 2.70. The number of ketones is 1. The number of carbonyl (C=O) groups is 1. The van der Waals surface area contributed by atoms with Crippen molar-refractivity contribution in [2.75, 3.05) is 31.3 Å². The summed E-state index contributed by atoms with van der Waals surface area (Å²) in [5, 5.41) is 11.2. The van der Waals surface area contributed by atoms with Crippen molar-refractivity contribution in [1.29, 1.82) is 0 Å². The zero-order valence-corrected chi connectivity index (χ0v) is 15.8. The van der Waals surface area contributed by atoms with E-state index in [9.17, 15) is 4.79 Å². The Morgan fingerprint density at radius 2 is 2.19 bits per heavy atom. The molecular weight excluding hydrogens is 344 g/mol. The van der Waals surface area contributed by atoms with E-state index in [-0.39, 0.29) is 17.9 Å². The number of likely N-dealkylation sites (N-methyl/N-ethyl adjacent to an activating group) is 1. The average molecular weight is 370 g/mol. The van der Waals surface area contributed by atoms with Crippen LogP contribution in [0.25, 0.3) is 5.65 Å². The Labute approximate surface area is 158 Å². The van der Waals surface area contributed by atoms with Crippen LogP contribution in [0, 0.1) is 0 Å². The van der Waals surface area contributed by atoms with E-state index < -0.39 is 0 Å². The molecule has 0 radical (unpaired) electrons. The normalized spacial score (nSPS) is 31.3. The molecule has 0 amide bonds. The SMILES string of the molecule is CNc1cc2nc3c(cnn13)C(=O)CCCOC1CC(N2)C2CCC1N2C. The van der Waals surface area contributed by atoms with E-state index in [4.69, 9.17) is 9.72 Å². The summed E-state index contributed by atoms with van der Waals surface area (Å²) >= 11 is 0. The van der Waals surface area contributed by atoms with Crippen molar-refractivity contribution in [3.05, 3.63) is 17.8 Å². The maximum absolute atomic E-state index is 12.7. The van der Waals surface area contributed by atoms with Gasteiger partial charge in [-0.25, -0.2) is 4.98 Å². The minimum atomic E-state index is 0.0705. The van der Waals surface area contributed by atoms with Crippen molar-refractivity contribution in [3.8, 4) is 0 Å². The largest absolute Gasteiger partial charge is 0.376 e. The predicted octanol–water partition coefficient (Wildman–Crippen LogP) is 1.78. The van der Waals surface area contributed by atoms with Crippen molar-refractivity contribution in [2.45, 2.75) is 56.3 Å². The number of rotatable bonds is 1. The van der Waals surface area contributed by atoms with Crippen molar-refractivity contribution < 1.29 is 9.53 Å². The molecular formula is C19H26N6O2. The molecule has 3 aliphatic rings. The van der Waals surface area contributed by atoms with Crippen molar-refractivity contribution in [1.82, 2.24) is 19.5 Å². The van der Waals surface area contributed by atoms with Gasteiger partial charge >= 0.3 is 0 Å². The van der Waals surface area contributed by atoms with Crippen LogP contribution < -0.4 is 10.6 Å². The lowest BCUT2D eigenvalue weighted by Crippen LogP contribution is -2.55. The number of nitrogens with one attached hydrogen (secondary N) is 2. The van der Waals surface area contributed by atoms with Crippen LogP contribution in [0.5, 0.6) is 0 Å². The Hall–Kier alpha value is -2.19. The van der Waals surface area contributed by atoms with E-state index in [0.717, 1.165) is 24.5 Å². The highest BCUT2D eigenvalue weighted by molar-refractivity contribution is 6.01. The summed E-state index contributed by atoms with van der Waals surface area (Å²) in [6.45, 7) is 0.620. The monoisotopic (exact) mass is 370 g/mol. The summed E-state index contributed by atoms with van der Waals surface area (Å²) < 4.78 is 7.95. The van der Waals surface area contributed by atoms with Gasteiger partial charge in [-0.1, -0.05) is 0 Å². The van der Waals surface area contributed by atoms with Crippen molar-refractivity contribution in [2.24, 2.45) is 0 Å². The third-order valence-corrected chi connectivity index (χ3v) is 6.43. The van der Waals surface area contributed by atoms with Gasteiger partial charge < -0.3 is 15.4 Å². The van der Waals surface area contributed by atoms with E-state index in [2.05, 4.69) is 27.7 Å². The first kappa shape index (κ1) is 16.9. The van der Waals surface area contributed by atoms with Gasteiger partial charge in [0.15, 0.2) is 11.4 Å². The second kappa shape index (κ2) is 6.45. The van der Waals surface area contributed by atoms with Gasteiger partial charge in [-0.3, -0.25) is 9.69 Å². The molecule has 2 aromatic heterocycles. The molecule has 5 heterocycles. The molecule has 6 bridgehead atoms. The molecule has 3 aliphatic heterocycles. The molecule has 8 nitrogen and oxygen atoms in total. The van der Waals surface area contributed by atoms with Crippen molar-refractivity contribution >= 4 is 23.1 Å². The topological polar surface area (TPSA) is 83.8 Å². The van der Waals surface area contributed by atoms with Crippen LogP contribution in [-0.2, 0) is 4.74 Å². The van der Waals surface area contributed by atoms with E-state index in [0.29, 0.717) is 36.3 Å². The Bertz CT molecular complexity index is 880. The number of ether oxygens (including phenoxy) is 1. The lowest BCUT2D eigenvalue weighted by molar-refractivity contribution is -0.0352. The highest BCUT2D eigenvalue weighted by Gasteiger charge is 2.46. The van der Waals surface area contributed by atoms with E-state index in [1.54, 1.807) is 10.7 Å². The molecule has 0 aliphatic carbocycles. The van der Waals surface area contributed by atoms with Gasteiger partial charge in [0.25, 0.3) is 0 Å². The van der Waals surface area contributed by atoms with Gasteiger partial charge in [0.05, 0.1) is 17.9 Å². The molecule has 8 heteroatoms. The number of fused-ring (bicyclic) bond motifs is 7. The average Bonchev–Trinajstić information content (AvgIpc) is 3.20. The van der Waals surface area contributed by atoms with E-state index >= 15 is 0 Å². The summed E-state index contributed by atoms with van der Waals surface area (Å²) in [7, 11) is 4.06. The van der Waals surface area contributed by atoms with E-state index in [1.807, 2.05) is 13.1 Å². The molecule has 144 valence electrons. The molecule has 27 heavy (non-hydrogen) atoms. The summed E-state index contributed by atoms with van der Waals surface area (Å²) in [5.74, 6) is 1.67. The first-order valence-electron chi connectivity index (χ1n) is 9.85. The van der Waals surface area contributed by atoms with Gasteiger partial charge in [0.2, 0.25) is 0 Å². The first-order chi connectivity index (χ1) is 13.2. The number of Topliss-reactive ketones (excluding diaryl/α,β-unsaturated/α-hetero) is 1.